The second-order valence-electron chi connectivity index (χ2n) is 19.6. The zero-order valence-electron chi connectivity index (χ0n) is 42.8. The van der Waals surface area contributed by atoms with E-state index >= 15 is 0 Å². The number of esters is 2. The van der Waals surface area contributed by atoms with E-state index in [-0.39, 0.29) is 19.4 Å². The van der Waals surface area contributed by atoms with Gasteiger partial charge in [-0.3, -0.25) is 14.1 Å². The Bertz CT molecular complexity index is 1280. The van der Waals surface area contributed by atoms with Gasteiger partial charge in [-0.15, -0.1) is 0 Å². The normalized spacial score (nSPS) is 19.3. The number of carbonyl (C=O) groups is 2. The number of allylic oxidation sites excluding steroid dienone is 2. The third kappa shape index (κ3) is 38.8. The van der Waals surface area contributed by atoms with E-state index in [9.17, 15) is 37.9 Å². The lowest BCUT2D eigenvalue weighted by Crippen LogP contribution is -2.60. The number of rotatable bonds is 48. The van der Waals surface area contributed by atoms with Gasteiger partial charge in [0.05, 0.1) is 6.61 Å². The van der Waals surface area contributed by atoms with Crippen LogP contribution in [0.15, 0.2) is 12.2 Å². The smallest absolute Gasteiger partial charge is 0.306 e. The lowest BCUT2D eigenvalue weighted by molar-refractivity contribution is -0.297. The van der Waals surface area contributed by atoms with E-state index < -0.39 is 71.2 Å². The SMILES string of the molecule is CCCCCC/C=C/CCCCCCCCCCCC(=O)OC[C@H](CO[C@H]1O[C@H](CS(=O)(=O)O)[C@@H](O)C(O)C1O)OC(=O)CCCCCCCCCCCCCCCCCCCCCCCC. The van der Waals surface area contributed by atoms with Gasteiger partial charge >= 0.3 is 11.9 Å². The van der Waals surface area contributed by atoms with Gasteiger partial charge in [-0.05, 0) is 38.5 Å². The fraction of sp³-hybridized carbons (Fsp3) is 0.926. The second-order valence-corrected chi connectivity index (χ2v) is 21.1. The van der Waals surface area contributed by atoms with Crippen molar-refractivity contribution >= 4 is 22.1 Å². The average molecular weight is 975 g/mol. The van der Waals surface area contributed by atoms with Gasteiger partial charge in [-0.2, -0.15) is 8.42 Å². The lowest BCUT2D eigenvalue weighted by atomic mass is 10.00. The third-order valence-corrected chi connectivity index (χ3v) is 13.8. The molecule has 67 heavy (non-hydrogen) atoms. The maximum atomic E-state index is 12.9. The molecule has 0 spiro atoms. The van der Waals surface area contributed by atoms with Crippen molar-refractivity contribution in [2.45, 2.75) is 301 Å². The first-order valence-corrected chi connectivity index (χ1v) is 29.4. The molecule has 1 rings (SSSR count). The summed E-state index contributed by atoms with van der Waals surface area (Å²) in [6, 6.07) is 0. The molecule has 1 saturated heterocycles. The molecule has 0 aromatic heterocycles. The van der Waals surface area contributed by atoms with E-state index in [4.69, 9.17) is 18.9 Å². The van der Waals surface area contributed by atoms with Crippen LogP contribution in [-0.4, -0.2) is 96.0 Å². The van der Waals surface area contributed by atoms with Crippen LogP contribution in [0.1, 0.15) is 264 Å². The number of aliphatic hydroxyl groups is 3. The molecule has 1 aliphatic heterocycles. The molecule has 0 aliphatic carbocycles. The summed E-state index contributed by atoms with van der Waals surface area (Å²) in [6.45, 7) is 3.80. The lowest BCUT2D eigenvalue weighted by Gasteiger charge is -2.40. The zero-order valence-corrected chi connectivity index (χ0v) is 43.6. The highest BCUT2D eigenvalue weighted by molar-refractivity contribution is 7.85. The van der Waals surface area contributed by atoms with Crippen LogP contribution in [0.25, 0.3) is 0 Å². The molecule has 1 aliphatic rings. The van der Waals surface area contributed by atoms with E-state index in [1.165, 1.54) is 186 Å². The minimum Gasteiger partial charge on any atom is -0.462 e. The standard InChI is InChI=1S/C54H102O12S/c1-3-5-7-9-11-13-15-17-19-21-22-23-24-25-27-29-31-33-35-37-39-41-43-50(56)65-47(45-64-54-53(59)52(58)51(57)48(66-54)46-67(60,61)62)44-63-49(55)42-40-38-36-34-32-30-28-26-20-18-16-14-12-10-8-6-4-2/h14,16,47-48,51-54,57-59H,3-13,15,17-46H2,1-2H3,(H,60,61,62)/b16-14+/t47-,48-,51-,52?,53?,54+/m1/s1. The second kappa shape index (κ2) is 44.3. The molecular weight excluding hydrogens is 873 g/mol. The number of carbonyl (C=O) groups excluding carboxylic acids is 2. The van der Waals surface area contributed by atoms with Crippen LogP contribution in [0.2, 0.25) is 0 Å². The predicted molar refractivity (Wildman–Crippen MR) is 270 cm³/mol. The van der Waals surface area contributed by atoms with Crippen molar-refractivity contribution in [1.29, 1.82) is 0 Å². The Kier molecular flexibility index (Phi) is 42.0. The maximum absolute atomic E-state index is 12.9. The van der Waals surface area contributed by atoms with Gasteiger partial charge in [0.1, 0.15) is 36.8 Å². The molecule has 2 unspecified atom stereocenters. The molecule has 1 fully saturated rings. The number of aliphatic hydroxyl groups excluding tert-OH is 3. The number of hydrogen-bond acceptors (Lipinski definition) is 11. The molecule has 0 radical (unpaired) electrons. The van der Waals surface area contributed by atoms with Crippen LogP contribution >= 0.6 is 0 Å². The van der Waals surface area contributed by atoms with Gasteiger partial charge in [-0.1, -0.05) is 225 Å². The van der Waals surface area contributed by atoms with Gasteiger partial charge in [-0.25, -0.2) is 0 Å². The number of ether oxygens (including phenoxy) is 4. The summed E-state index contributed by atoms with van der Waals surface area (Å²) in [5.41, 5.74) is 0. The Morgan fingerprint density at radius 2 is 0.851 bits per heavy atom. The first kappa shape index (κ1) is 63.4. The van der Waals surface area contributed by atoms with Gasteiger partial charge in [0.15, 0.2) is 12.4 Å². The minimum absolute atomic E-state index is 0.171. The van der Waals surface area contributed by atoms with Crippen LogP contribution in [0.4, 0.5) is 0 Å². The number of unbranched alkanes of at least 4 members (excludes halogenated alkanes) is 34. The zero-order chi connectivity index (χ0) is 49.1. The van der Waals surface area contributed by atoms with Crippen LogP contribution in [-0.2, 0) is 38.7 Å². The van der Waals surface area contributed by atoms with Gasteiger partial charge < -0.3 is 34.3 Å². The first-order valence-electron chi connectivity index (χ1n) is 27.7. The largest absolute Gasteiger partial charge is 0.462 e. The predicted octanol–water partition coefficient (Wildman–Crippen LogP) is 13.0. The highest BCUT2D eigenvalue weighted by atomic mass is 32.2. The van der Waals surface area contributed by atoms with Crippen molar-refractivity contribution in [2.24, 2.45) is 0 Å². The summed E-state index contributed by atoms with van der Waals surface area (Å²) in [6.07, 6.45) is 41.1. The van der Waals surface area contributed by atoms with Crippen molar-refractivity contribution in [3.05, 3.63) is 12.2 Å². The highest BCUT2D eigenvalue weighted by Gasteiger charge is 2.46. The van der Waals surface area contributed by atoms with E-state index in [2.05, 4.69) is 26.0 Å². The quantitative estimate of drug-likeness (QED) is 0.0196. The molecule has 0 aromatic rings. The molecule has 12 nitrogen and oxygen atoms in total. The molecular formula is C54H102O12S. The van der Waals surface area contributed by atoms with Gasteiger partial charge in [0.25, 0.3) is 10.1 Å². The Morgan fingerprint density at radius 1 is 0.493 bits per heavy atom. The van der Waals surface area contributed by atoms with Crippen molar-refractivity contribution in [2.75, 3.05) is 19.0 Å². The molecule has 1 heterocycles. The Labute approximate surface area is 409 Å². The molecule has 0 amide bonds. The average Bonchev–Trinajstić information content (AvgIpc) is 3.30. The van der Waals surface area contributed by atoms with Crippen molar-refractivity contribution in [3.63, 3.8) is 0 Å². The highest BCUT2D eigenvalue weighted by Crippen LogP contribution is 2.24. The van der Waals surface area contributed by atoms with Crippen LogP contribution in [0, 0.1) is 0 Å². The van der Waals surface area contributed by atoms with Gasteiger partial charge in [0.2, 0.25) is 0 Å². The molecule has 4 N–H and O–H groups in total. The molecule has 13 heteroatoms. The minimum atomic E-state index is -4.60. The van der Waals surface area contributed by atoms with Crippen molar-refractivity contribution < 1.29 is 56.8 Å². The van der Waals surface area contributed by atoms with E-state index in [0.717, 1.165) is 38.5 Å². The fourth-order valence-electron chi connectivity index (χ4n) is 8.79. The van der Waals surface area contributed by atoms with Crippen molar-refractivity contribution in [1.82, 2.24) is 0 Å². The van der Waals surface area contributed by atoms with E-state index in [0.29, 0.717) is 12.8 Å². The summed E-state index contributed by atoms with van der Waals surface area (Å²) in [7, 11) is -4.60. The van der Waals surface area contributed by atoms with Crippen molar-refractivity contribution in [3.8, 4) is 0 Å². The van der Waals surface area contributed by atoms with Crippen LogP contribution in [0.5, 0.6) is 0 Å². The van der Waals surface area contributed by atoms with Crippen LogP contribution in [0.3, 0.4) is 0 Å². The topological polar surface area (TPSA) is 186 Å². The number of hydrogen-bond donors (Lipinski definition) is 4. The Morgan fingerprint density at radius 3 is 1.25 bits per heavy atom. The molecule has 6 atom stereocenters. The summed E-state index contributed by atoms with van der Waals surface area (Å²) in [5, 5.41) is 31.0. The Balaban J connectivity index is 2.31. The summed E-state index contributed by atoms with van der Waals surface area (Å²) in [4.78, 5) is 25.6. The first-order chi connectivity index (χ1) is 32.5. The van der Waals surface area contributed by atoms with E-state index in [1.54, 1.807) is 0 Å². The molecule has 0 aromatic carbocycles. The Hall–Kier alpha value is -1.61. The molecule has 0 saturated carbocycles. The van der Waals surface area contributed by atoms with Gasteiger partial charge in [0, 0.05) is 12.8 Å². The summed E-state index contributed by atoms with van der Waals surface area (Å²) < 4.78 is 54.3. The molecule has 396 valence electrons. The summed E-state index contributed by atoms with van der Waals surface area (Å²) >= 11 is 0. The van der Waals surface area contributed by atoms with E-state index in [1.807, 2.05) is 0 Å². The van der Waals surface area contributed by atoms with Crippen LogP contribution < -0.4 is 0 Å². The molecule has 0 bridgehead atoms. The summed E-state index contributed by atoms with van der Waals surface area (Å²) in [5.74, 6) is -1.96. The fourth-order valence-corrected chi connectivity index (χ4v) is 9.48. The third-order valence-electron chi connectivity index (χ3n) is 13.1. The maximum Gasteiger partial charge on any atom is 0.306 e. The monoisotopic (exact) mass is 975 g/mol.